The smallest absolute Gasteiger partial charge is 0.186 e. The predicted molar refractivity (Wildman–Crippen MR) is 104 cm³/mol. The third-order valence-electron chi connectivity index (χ3n) is 4.67. The molecule has 1 saturated heterocycles. The minimum Gasteiger partial charge on any atom is -0.373 e. The first-order chi connectivity index (χ1) is 12.6. The number of fused-ring (bicyclic) bond motifs is 1. The number of ether oxygens (including phenoxy) is 1. The number of hydrogen-bond acceptors (Lipinski definition) is 7. The van der Waals surface area contributed by atoms with Crippen molar-refractivity contribution in [3.8, 4) is 11.4 Å². The lowest BCUT2D eigenvalue weighted by Crippen LogP contribution is -2.47. The number of anilines is 1. The van der Waals surface area contributed by atoms with Gasteiger partial charge in [-0.25, -0.2) is 0 Å². The van der Waals surface area contributed by atoms with Gasteiger partial charge in [-0.15, -0.1) is 15.3 Å². The SMILES string of the molecule is C[C@@H]1CN(CCN(C)c2ccc3nnc(-c4ccsc4)n3n2)C[C@H](C)O1. The molecule has 0 bridgehead atoms. The lowest BCUT2D eigenvalue weighted by Gasteiger charge is -2.36. The molecule has 26 heavy (non-hydrogen) atoms. The van der Waals surface area contributed by atoms with Gasteiger partial charge in [0.05, 0.1) is 12.2 Å². The van der Waals surface area contributed by atoms with Gasteiger partial charge >= 0.3 is 0 Å². The molecule has 0 N–H and O–H groups in total. The molecule has 0 amide bonds. The average molecular weight is 372 g/mol. The van der Waals surface area contributed by atoms with Crippen LogP contribution in [-0.4, -0.2) is 70.1 Å². The highest BCUT2D eigenvalue weighted by Gasteiger charge is 2.22. The number of rotatable bonds is 5. The molecule has 1 aliphatic rings. The van der Waals surface area contributed by atoms with Crippen LogP contribution < -0.4 is 4.90 Å². The minimum absolute atomic E-state index is 0.295. The Kier molecular flexibility index (Phi) is 4.88. The molecule has 8 heteroatoms. The maximum atomic E-state index is 5.81. The van der Waals surface area contributed by atoms with Crippen LogP contribution in [0.25, 0.3) is 17.0 Å². The number of aromatic nitrogens is 4. The van der Waals surface area contributed by atoms with Crippen molar-refractivity contribution < 1.29 is 4.74 Å². The third-order valence-corrected chi connectivity index (χ3v) is 5.35. The zero-order chi connectivity index (χ0) is 18.1. The van der Waals surface area contributed by atoms with Crippen LogP contribution in [0, 0.1) is 0 Å². The van der Waals surface area contributed by atoms with Crippen LogP contribution in [0.1, 0.15) is 13.8 Å². The highest BCUT2D eigenvalue weighted by molar-refractivity contribution is 7.08. The first-order valence-electron chi connectivity index (χ1n) is 8.94. The topological polar surface area (TPSA) is 58.8 Å². The molecule has 1 aliphatic heterocycles. The van der Waals surface area contributed by atoms with Crippen molar-refractivity contribution in [2.75, 3.05) is 38.1 Å². The Balaban J connectivity index is 1.48. The summed E-state index contributed by atoms with van der Waals surface area (Å²) in [6.45, 7) is 8.15. The van der Waals surface area contributed by atoms with Gasteiger partial charge in [0.1, 0.15) is 5.82 Å². The van der Waals surface area contributed by atoms with Crippen LogP contribution in [0.3, 0.4) is 0 Å². The normalized spacial score (nSPS) is 21.3. The van der Waals surface area contributed by atoms with Crippen molar-refractivity contribution in [2.45, 2.75) is 26.1 Å². The second kappa shape index (κ2) is 7.30. The largest absolute Gasteiger partial charge is 0.373 e. The van der Waals surface area contributed by atoms with Crippen molar-refractivity contribution in [2.24, 2.45) is 0 Å². The molecule has 0 aliphatic carbocycles. The second-order valence-electron chi connectivity index (χ2n) is 6.94. The molecule has 7 nitrogen and oxygen atoms in total. The van der Waals surface area contributed by atoms with Crippen LogP contribution in [0.2, 0.25) is 0 Å². The first kappa shape index (κ1) is 17.4. The first-order valence-corrected chi connectivity index (χ1v) is 9.88. The van der Waals surface area contributed by atoms with Gasteiger partial charge in [-0.1, -0.05) is 0 Å². The van der Waals surface area contributed by atoms with Gasteiger partial charge in [0.15, 0.2) is 11.5 Å². The molecule has 0 aromatic carbocycles. The molecular weight excluding hydrogens is 348 g/mol. The summed E-state index contributed by atoms with van der Waals surface area (Å²) in [5.74, 6) is 1.70. The summed E-state index contributed by atoms with van der Waals surface area (Å²) in [4.78, 5) is 4.64. The molecule has 0 saturated carbocycles. The summed E-state index contributed by atoms with van der Waals surface area (Å²) in [7, 11) is 2.08. The number of likely N-dealkylation sites (N-methyl/N-ethyl adjacent to an activating group) is 1. The average Bonchev–Trinajstić information content (AvgIpc) is 3.27. The molecule has 0 unspecified atom stereocenters. The highest BCUT2D eigenvalue weighted by Crippen LogP contribution is 2.21. The number of thiophene rings is 1. The van der Waals surface area contributed by atoms with Crippen LogP contribution in [0.5, 0.6) is 0 Å². The summed E-state index contributed by atoms with van der Waals surface area (Å²) >= 11 is 1.65. The van der Waals surface area contributed by atoms with E-state index in [1.165, 1.54) is 0 Å². The zero-order valence-corrected chi connectivity index (χ0v) is 16.2. The summed E-state index contributed by atoms with van der Waals surface area (Å²) in [5.41, 5.74) is 1.81. The molecule has 0 spiro atoms. The molecule has 0 radical (unpaired) electrons. The monoisotopic (exact) mass is 372 g/mol. The van der Waals surface area contributed by atoms with Crippen molar-refractivity contribution in [3.63, 3.8) is 0 Å². The van der Waals surface area contributed by atoms with Crippen LogP contribution in [0.4, 0.5) is 5.82 Å². The second-order valence-corrected chi connectivity index (χ2v) is 7.72. The summed E-state index contributed by atoms with van der Waals surface area (Å²) in [6, 6.07) is 6.02. The van der Waals surface area contributed by atoms with E-state index in [-0.39, 0.29) is 0 Å². The van der Waals surface area contributed by atoms with E-state index < -0.39 is 0 Å². The molecular formula is C18H24N6OS. The lowest BCUT2D eigenvalue weighted by atomic mass is 10.2. The van der Waals surface area contributed by atoms with Crippen LogP contribution in [-0.2, 0) is 4.74 Å². The Labute approximate surface area is 157 Å². The highest BCUT2D eigenvalue weighted by atomic mass is 32.1. The van der Waals surface area contributed by atoms with E-state index in [4.69, 9.17) is 9.84 Å². The summed E-state index contributed by atoms with van der Waals surface area (Å²) < 4.78 is 7.64. The minimum atomic E-state index is 0.295. The Morgan fingerprint density at radius 3 is 2.73 bits per heavy atom. The third kappa shape index (κ3) is 3.58. The Hall–Kier alpha value is -2.03. The molecule has 4 rings (SSSR count). The van der Waals surface area contributed by atoms with Crippen LogP contribution in [0.15, 0.2) is 29.0 Å². The maximum absolute atomic E-state index is 5.81. The van der Waals surface area contributed by atoms with Crippen molar-refractivity contribution >= 4 is 22.8 Å². The Morgan fingerprint density at radius 2 is 2.00 bits per heavy atom. The van der Waals surface area contributed by atoms with E-state index in [0.717, 1.165) is 49.0 Å². The van der Waals surface area contributed by atoms with E-state index in [1.807, 2.05) is 28.1 Å². The van der Waals surface area contributed by atoms with Crippen molar-refractivity contribution in [1.82, 2.24) is 24.7 Å². The molecule has 1 fully saturated rings. The fraction of sp³-hybridized carbons (Fsp3) is 0.500. The quantitative estimate of drug-likeness (QED) is 0.685. The van der Waals surface area contributed by atoms with E-state index in [2.05, 4.69) is 46.3 Å². The van der Waals surface area contributed by atoms with E-state index in [1.54, 1.807) is 11.3 Å². The lowest BCUT2D eigenvalue weighted by molar-refractivity contribution is -0.0670. The molecule has 3 aromatic rings. The summed E-state index contributed by atoms with van der Waals surface area (Å²) in [6.07, 6.45) is 0.590. The van der Waals surface area contributed by atoms with Crippen LogP contribution >= 0.6 is 11.3 Å². The molecule has 138 valence electrons. The van der Waals surface area contributed by atoms with Gasteiger partial charge < -0.3 is 9.64 Å². The molecule has 4 heterocycles. The standard InChI is InChI=1S/C18H24N6OS/c1-13-10-23(11-14(2)25-13)8-7-22(3)17-5-4-16-19-20-18(24(16)21-17)15-6-9-26-12-15/h4-6,9,12-14H,7-8,10-11H2,1-3H3/t13-,14+. The fourth-order valence-electron chi connectivity index (χ4n) is 3.43. The maximum Gasteiger partial charge on any atom is 0.186 e. The number of nitrogens with zero attached hydrogens (tertiary/aromatic N) is 6. The van der Waals surface area contributed by atoms with Gasteiger partial charge in [0.25, 0.3) is 0 Å². The fourth-order valence-corrected chi connectivity index (χ4v) is 4.06. The van der Waals surface area contributed by atoms with E-state index in [9.17, 15) is 0 Å². The van der Waals surface area contributed by atoms with Gasteiger partial charge in [0.2, 0.25) is 0 Å². The van der Waals surface area contributed by atoms with Gasteiger partial charge in [-0.3, -0.25) is 4.90 Å². The zero-order valence-electron chi connectivity index (χ0n) is 15.4. The Morgan fingerprint density at radius 1 is 1.19 bits per heavy atom. The Bertz CT molecular complexity index is 854. The number of morpholine rings is 1. The van der Waals surface area contributed by atoms with Gasteiger partial charge in [-0.2, -0.15) is 15.9 Å². The van der Waals surface area contributed by atoms with E-state index >= 15 is 0 Å². The number of hydrogen-bond donors (Lipinski definition) is 0. The molecule has 3 aromatic heterocycles. The summed E-state index contributed by atoms with van der Waals surface area (Å²) in [5, 5.41) is 17.4. The van der Waals surface area contributed by atoms with Gasteiger partial charge in [-0.05, 0) is 37.4 Å². The van der Waals surface area contributed by atoms with Crippen molar-refractivity contribution in [1.29, 1.82) is 0 Å². The van der Waals surface area contributed by atoms with E-state index in [0.29, 0.717) is 12.2 Å². The predicted octanol–water partition coefficient (Wildman–Crippen LogP) is 2.40. The van der Waals surface area contributed by atoms with Gasteiger partial charge in [0, 0.05) is 44.2 Å². The molecule has 2 atom stereocenters. The van der Waals surface area contributed by atoms with Crippen molar-refractivity contribution in [3.05, 3.63) is 29.0 Å².